The first-order chi connectivity index (χ1) is 15.2. The van der Waals surface area contributed by atoms with Gasteiger partial charge in [-0.3, -0.25) is 4.79 Å². The first-order valence-corrected chi connectivity index (χ1v) is 10.1. The summed E-state index contributed by atoms with van der Waals surface area (Å²) in [5.74, 6) is -0.670. The van der Waals surface area contributed by atoms with Gasteiger partial charge in [0.1, 0.15) is 5.69 Å². The highest BCUT2D eigenvalue weighted by molar-refractivity contribution is 5.94. The Hall–Kier alpha value is -3.43. The van der Waals surface area contributed by atoms with Gasteiger partial charge < -0.3 is 14.2 Å². The second-order valence-corrected chi connectivity index (χ2v) is 8.02. The van der Waals surface area contributed by atoms with E-state index in [-0.39, 0.29) is 17.5 Å². The van der Waals surface area contributed by atoms with E-state index in [0.29, 0.717) is 41.9 Å². The summed E-state index contributed by atoms with van der Waals surface area (Å²) in [4.78, 5) is 22.2. The Morgan fingerprint density at radius 3 is 2.62 bits per heavy atom. The van der Waals surface area contributed by atoms with Crippen molar-refractivity contribution in [2.45, 2.75) is 32.6 Å². The van der Waals surface area contributed by atoms with Crippen molar-refractivity contribution in [3.05, 3.63) is 59.4 Å². The van der Waals surface area contributed by atoms with Crippen molar-refractivity contribution in [3.8, 4) is 22.9 Å². The lowest BCUT2D eigenvalue weighted by Crippen LogP contribution is -2.27. The molecule has 5 rings (SSSR count). The third-order valence-corrected chi connectivity index (χ3v) is 5.54. The van der Waals surface area contributed by atoms with Crippen molar-refractivity contribution in [1.29, 1.82) is 0 Å². The van der Waals surface area contributed by atoms with Crippen LogP contribution in [0.25, 0.3) is 11.3 Å². The van der Waals surface area contributed by atoms with E-state index in [2.05, 4.69) is 9.97 Å². The maximum Gasteiger partial charge on any atom is 0.433 e. The number of halogens is 4. The third kappa shape index (κ3) is 3.69. The molecule has 2 aliphatic rings. The van der Waals surface area contributed by atoms with Gasteiger partial charge in [0.2, 0.25) is 11.7 Å². The molecule has 1 aliphatic heterocycles. The van der Waals surface area contributed by atoms with E-state index in [1.54, 1.807) is 22.5 Å². The zero-order chi connectivity index (χ0) is 22.6. The molecule has 10 heteroatoms. The van der Waals surface area contributed by atoms with Crippen LogP contribution in [-0.4, -0.2) is 31.9 Å². The predicted molar refractivity (Wildman–Crippen MR) is 105 cm³/mol. The molecule has 166 valence electrons. The van der Waals surface area contributed by atoms with Crippen LogP contribution in [-0.2, 0) is 12.8 Å². The summed E-state index contributed by atoms with van der Waals surface area (Å²) in [6.07, 6.45) is -2.40. The van der Waals surface area contributed by atoms with Crippen LogP contribution < -0.4 is 4.74 Å². The minimum atomic E-state index is -4.63. The highest BCUT2D eigenvalue weighted by atomic mass is 19.4. The van der Waals surface area contributed by atoms with Gasteiger partial charge in [-0.25, -0.2) is 14.4 Å². The molecular formula is C22H18F4N4O2. The van der Waals surface area contributed by atoms with Gasteiger partial charge in [-0.2, -0.15) is 13.2 Å². The van der Waals surface area contributed by atoms with Gasteiger partial charge >= 0.3 is 6.18 Å². The summed E-state index contributed by atoms with van der Waals surface area (Å²) in [6, 6.07) is 7.29. The number of amides is 1. The number of benzene rings is 1. The summed E-state index contributed by atoms with van der Waals surface area (Å²) in [5.41, 5.74) is 0.573. The van der Waals surface area contributed by atoms with Crippen molar-refractivity contribution >= 4 is 5.91 Å². The number of fused-ring (bicyclic) bond motifs is 1. The van der Waals surface area contributed by atoms with E-state index >= 15 is 0 Å². The van der Waals surface area contributed by atoms with Crippen LogP contribution in [0.1, 0.15) is 34.8 Å². The first-order valence-electron chi connectivity index (χ1n) is 10.1. The quantitative estimate of drug-likeness (QED) is 0.516. The molecule has 0 radical (unpaired) electrons. The zero-order valence-electron chi connectivity index (χ0n) is 17.0. The standard InChI is InChI=1S/C22H18F4N4O2/c1-12-19(30-11-29(10-13-5-6-13)21(31)20(30)27-12)14-7-8-16(15(23)9-14)32-18-4-2-3-17(28-18)22(24,25)26/h2-4,7-9,13H,5-6,10-11H2,1H3. The number of alkyl halides is 3. The molecule has 0 unspecified atom stereocenters. The summed E-state index contributed by atoms with van der Waals surface area (Å²) in [5, 5.41) is 0. The number of nitrogens with zero attached hydrogens (tertiary/aromatic N) is 4. The van der Waals surface area contributed by atoms with Crippen LogP contribution in [0.5, 0.6) is 11.6 Å². The largest absolute Gasteiger partial charge is 0.436 e. The van der Waals surface area contributed by atoms with E-state index in [1.165, 1.54) is 18.2 Å². The molecule has 1 fully saturated rings. The van der Waals surface area contributed by atoms with Crippen LogP contribution in [0, 0.1) is 18.7 Å². The molecule has 1 aliphatic carbocycles. The molecule has 6 nitrogen and oxygen atoms in total. The van der Waals surface area contributed by atoms with Crippen LogP contribution >= 0.6 is 0 Å². The van der Waals surface area contributed by atoms with E-state index in [9.17, 15) is 22.4 Å². The van der Waals surface area contributed by atoms with E-state index in [1.807, 2.05) is 0 Å². The van der Waals surface area contributed by atoms with Crippen molar-refractivity contribution in [2.24, 2.45) is 5.92 Å². The molecule has 1 aromatic carbocycles. The highest BCUT2D eigenvalue weighted by Crippen LogP contribution is 2.36. The lowest BCUT2D eigenvalue weighted by Gasteiger charge is -2.16. The Morgan fingerprint density at radius 1 is 1.16 bits per heavy atom. The fraction of sp³-hybridized carbons (Fsp3) is 0.318. The molecule has 2 aromatic heterocycles. The minimum absolute atomic E-state index is 0.137. The second-order valence-electron chi connectivity index (χ2n) is 8.02. The fourth-order valence-corrected chi connectivity index (χ4v) is 3.84. The van der Waals surface area contributed by atoms with Gasteiger partial charge in [0.15, 0.2) is 11.6 Å². The predicted octanol–water partition coefficient (Wildman–Crippen LogP) is 5.03. The number of aromatic nitrogens is 3. The first kappa shape index (κ1) is 20.5. The number of hydrogen-bond acceptors (Lipinski definition) is 4. The molecule has 0 atom stereocenters. The lowest BCUT2D eigenvalue weighted by atomic mass is 10.1. The van der Waals surface area contributed by atoms with E-state index in [0.717, 1.165) is 25.0 Å². The molecule has 3 aromatic rings. The molecule has 3 heterocycles. The topological polar surface area (TPSA) is 60.2 Å². The number of carbonyl (C=O) groups excluding carboxylic acids is 1. The molecule has 1 saturated carbocycles. The molecule has 1 amide bonds. The maximum absolute atomic E-state index is 14.8. The fourth-order valence-electron chi connectivity index (χ4n) is 3.84. The van der Waals surface area contributed by atoms with Crippen molar-refractivity contribution < 1.29 is 27.1 Å². The molecule has 0 bridgehead atoms. The number of imidazole rings is 1. The van der Waals surface area contributed by atoms with Gasteiger partial charge in [0, 0.05) is 18.2 Å². The van der Waals surface area contributed by atoms with Crippen molar-refractivity contribution in [2.75, 3.05) is 6.54 Å². The number of rotatable bonds is 5. The van der Waals surface area contributed by atoms with Gasteiger partial charge in [-0.05, 0) is 49.9 Å². The average molecular weight is 446 g/mol. The SMILES string of the molecule is Cc1nc2n(c1-c1ccc(Oc3cccc(C(F)(F)F)n3)c(F)c1)CN(CC1CC1)C2=O. The Labute approximate surface area is 180 Å². The molecule has 0 spiro atoms. The van der Waals surface area contributed by atoms with Gasteiger partial charge in [-0.1, -0.05) is 6.07 Å². The van der Waals surface area contributed by atoms with Crippen LogP contribution in [0.4, 0.5) is 17.6 Å². The lowest BCUT2D eigenvalue weighted by molar-refractivity contribution is -0.141. The highest BCUT2D eigenvalue weighted by Gasteiger charge is 2.36. The Morgan fingerprint density at radius 2 is 1.94 bits per heavy atom. The van der Waals surface area contributed by atoms with Crippen LogP contribution in [0.3, 0.4) is 0 Å². The summed E-state index contributed by atoms with van der Waals surface area (Å²) >= 11 is 0. The minimum Gasteiger partial charge on any atom is -0.436 e. The number of pyridine rings is 1. The number of aryl methyl sites for hydroxylation is 1. The average Bonchev–Trinajstić information content (AvgIpc) is 3.43. The van der Waals surface area contributed by atoms with Gasteiger partial charge in [0.25, 0.3) is 5.91 Å². The smallest absolute Gasteiger partial charge is 0.433 e. The van der Waals surface area contributed by atoms with Crippen LogP contribution in [0.2, 0.25) is 0 Å². The number of ether oxygens (including phenoxy) is 1. The van der Waals surface area contributed by atoms with Crippen molar-refractivity contribution in [1.82, 2.24) is 19.4 Å². The van der Waals surface area contributed by atoms with Gasteiger partial charge in [-0.15, -0.1) is 0 Å². The summed E-state index contributed by atoms with van der Waals surface area (Å²) < 4.78 is 60.3. The second kappa shape index (κ2) is 7.32. The zero-order valence-corrected chi connectivity index (χ0v) is 17.0. The summed E-state index contributed by atoms with van der Waals surface area (Å²) in [7, 11) is 0. The third-order valence-electron chi connectivity index (χ3n) is 5.54. The van der Waals surface area contributed by atoms with E-state index in [4.69, 9.17) is 4.74 Å². The van der Waals surface area contributed by atoms with Crippen molar-refractivity contribution in [3.63, 3.8) is 0 Å². The monoisotopic (exact) mass is 446 g/mol. The summed E-state index contributed by atoms with van der Waals surface area (Å²) in [6.45, 7) is 2.79. The van der Waals surface area contributed by atoms with Crippen LogP contribution in [0.15, 0.2) is 36.4 Å². The molecule has 32 heavy (non-hydrogen) atoms. The molecular weight excluding hydrogens is 428 g/mol. The Kier molecular flexibility index (Phi) is 4.68. The molecule has 0 saturated heterocycles. The Balaban J connectivity index is 1.41. The molecule has 0 N–H and O–H groups in total. The van der Waals surface area contributed by atoms with Gasteiger partial charge in [0.05, 0.1) is 18.1 Å². The Bertz CT molecular complexity index is 1220. The number of carbonyl (C=O) groups is 1. The maximum atomic E-state index is 14.8. The van der Waals surface area contributed by atoms with E-state index < -0.39 is 17.7 Å². The normalized spacial score (nSPS) is 15.9. The number of hydrogen-bond donors (Lipinski definition) is 0.